The molecule has 72 valence electrons. The average Bonchev–Trinajstić information content (AvgIpc) is 2.03. The number of halogens is 4. The number of pyridine rings is 1. The van der Waals surface area contributed by atoms with Crippen LogP contribution < -0.4 is 5.32 Å². The molecule has 0 fully saturated rings. The predicted molar refractivity (Wildman–Crippen MR) is 46.5 cm³/mol. The van der Waals surface area contributed by atoms with Crippen LogP contribution in [0.2, 0.25) is 0 Å². The Morgan fingerprint density at radius 3 is 2.54 bits per heavy atom. The first-order valence-corrected chi connectivity index (χ1v) is 4.15. The molecule has 0 bridgehead atoms. The van der Waals surface area contributed by atoms with E-state index in [4.69, 9.17) is 0 Å². The SMILES string of the molecule is CNc1cc(C(F)(F)F)c(Br)cn1. The zero-order valence-electron chi connectivity index (χ0n) is 6.61. The van der Waals surface area contributed by atoms with Crippen molar-refractivity contribution in [3.05, 3.63) is 22.3 Å². The average molecular weight is 255 g/mol. The van der Waals surface area contributed by atoms with Gasteiger partial charge in [-0.05, 0) is 22.0 Å². The van der Waals surface area contributed by atoms with Gasteiger partial charge in [-0.15, -0.1) is 0 Å². The molecule has 0 aliphatic heterocycles. The zero-order chi connectivity index (χ0) is 10.1. The zero-order valence-corrected chi connectivity index (χ0v) is 8.20. The highest BCUT2D eigenvalue weighted by molar-refractivity contribution is 9.10. The van der Waals surface area contributed by atoms with Gasteiger partial charge in [-0.1, -0.05) is 0 Å². The largest absolute Gasteiger partial charge is 0.417 e. The van der Waals surface area contributed by atoms with E-state index in [1.165, 1.54) is 7.05 Å². The van der Waals surface area contributed by atoms with Crippen LogP contribution in [0.3, 0.4) is 0 Å². The number of hydrogen-bond donors (Lipinski definition) is 1. The Hall–Kier alpha value is -0.780. The molecule has 1 heterocycles. The fourth-order valence-electron chi connectivity index (χ4n) is 0.793. The third-order valence-electron chi connectivity index (χ3n) is 1.42. The Kier molecular flexibility index (Phi) is 2.80. The molecule has 0 unspecified atom stereocenters. The molecule has 0 atom stereocenters. The molecule has 13 heavy (non-hydrogen) atoms. The number of nitrogens with one attached hydrogen (secondary N) is 1. The van der Waals surface area contributed by atoms with Gasteiger partial charge in [-0.2, -0.15) is 13.2 Å². The van der Waals surface area contributed by atoms with E-state index in [0.29, 0.717) is 0 Å². The maximum absolute atomic E-state index is 12.3. The first-order valence-electron chi connectivity index (χ1n) is 3.35. The van der Waals surface area contributed by atoms with Gasteiger partial charge in [0.15, 0.2) is 0 Å². The summed E-state index contributed by atoms with van der Waals surface area (Å²) in [5.74, 6) is 0.190. The summed E-state index contributed by atoms with van der Waals surface area (Å²) < 4.78 is 36.8. The highest BCUT2D eigenvalue weighted by atomic mass is 79.9. The normalized spacial score (nSPS) is 11.5. The van der Waals surface area contributed by atoms with Crippen LogP contribution in [0.1, 0.15) is 5.56 Å². The molecule has 0 saturated carbocycles. The predicted octanol–water partition coefficient (Wildman–Crippen LogP) is 2.90. The van der Waals surface area contributed by atoms with E-state index in [1.54, 1.807) is 0 Å². The van der Waals surface area contributed by atoms with Gasteiger partial charge in [0.1, 0.15) is 5.82 Å². The van der Waals surface area contributed by atoms with Crippen LogP contribution in [0.15, 0.2) is 16.7 Å². The van der Waals surface area contributed by atoms with Crippen LogP contribution in [-0.2, 0) is 6.18 Å². The minimum Gasteiger partial charge on any atom is -0.373 e. The first-order chi connectivity index (χ1) is 5.95. The third kappa shape index (κ3) is 2.33. The Morgan fingerprint density at radius 1 is 1.46 bits per heavy atom. The van der Waals surface area contributed by atoms with Crippen molar-refractivity contribution in [1.29, 1.82) is 0 Å². The Bertz CT molecular complexity index is 311. The van der Waals surface area contributed by atoms with Crippen molar-refractivity contribution >= 4 is 21.7 Å². The maximum Gasteiger partial charge on any atom is 0.417 e. The third-order valence-corrected chi connectivity index (χ3v) is 2.05. The van der Waals surface area contributed by atoms with Gasteiger partial charge >= 0.3 is 6.18 Å². The summed E-state index contributed by atoms with van der Waals surface area (Å²) in [6.07, 6.45) is -3.23. The summed E-state index contributed by atoms with van der Waals surface area (Å²) in [5, 5.41) is 2.53. The summed E-state index contributed by atoms with van der Waals surface area (Å²) in [7, 11) is 1.51. The second kappa shape index (κ2) is 3.53. The van der Waals surface area contributed by atoms with E-state index in [0.717, 1.165) is 12.3 Å². The molecule has 0 aromatic carbocycles. The standard InChI is InChI=1S/C7H6BrF3N2/c1-12-6-2-4(7(9,10)11)5(8)3-13-6/h2-3H,1H3,(H,12,13). The summed E-state index contributed by atoms with van der Waals surface area (Å²) in [6.45, 7) is 0. The van der Waals surface area contributed by atoms with Gasteiger partial charge in [-0.3, -0.25) is 0 Å². The lowest BCUT2D eigenvalue weighted by atomic mass is 10.2. The minimum absolute atomic E-state index is 0.0565. The van der Waals surface area contributed by atoms with Gasteiger partial charge in [0, 0.05) is 17.7 Å². The van der Waals surface area contributed by atoms with Crippen molar-refractivity contribution < 1.29 is 13.2 Å². The number of anilines is 1. The first kappa shape index (κ1) is 10.3. The molecule has 1 rings (SSSR count). The van der Waals surface area contributed by atoms with Gasteiger partial charge in [0.05, 0.1) is 5.56 Å². The molecule has 0 spiro atoms. The van der Waals surface area contributed by atoms with E-state index in [-0.39, 0.29) is 10.3 Å². The molecule has 6 heteroatoms. The smallest absolute Gasteiger partial charge is 0.373 e. The lowest BCUT2D eigenvalue weighted by Crippen LogP contribution is -2.07. The molecule has 0 aliphatic rings. The van der Waals surface area contributed by atoms with Crippen LogP contribution >= 0.6 is 15.9 Å². The monoisotopic (exact) mass is 254 g/mol. The molecule has 1 aromatic heterocycles. The number of hydrogen-bond acceptors (Lipinski definition) is 2. The second-order valence-electron chi connectivity index (χ2n) is 2.30. The Balaban J connectivity index is 3.19. The minimum atomic E-state index is -4.35. The molecule has 0 aliphatic carbocycles. The van der Waals surface area contributed by atoms with Gasteiger partial charge in [-0.25, -0.2) is 4.98 Å². The van der Waals surface area contributed by atoms with E-state index in [1.807, 2.05) is 0 Å². The van der Waals surface area contributed by atoms with E-state index in [9.17, 15) is 13.2 Å². The van der Waals surface area contributed by atoms with Gasteiger partial charge in [0.2, 0.25) is 0 Å². The summed E-state index contributed by atoms with van der Waals surface area (Å²) in [4.78, 5) is 3.71. The molecule has 2 nitrogen and oxygen atoms in total. The second-order valence-corrected chi connectivity index (χ2v) is 3.15. The molecule has 0 amide bonds. The van der Waals surface area contributed by atoms with Crippen LogP contribution in [0.25, 0.3) is 0 Å². The molecular formula is C7H6BrF3N2. The molecule has 1 N–H and O–H groups in total. The van der Waals surface area contributed by atoms with Crippen molar-refractivity contribution in [1.82, 2.24) is 4.98 Å². The Morgan fingerprint density at radius 2 is 2.08 bits per heavy atom. The summed E-state index contributed by atoms with van der Waals surface area (Å²) in [5.41, 5.74) is -0.730. The highest BCUT2D eigenvalue weighted by Crippen LogP contribution is 2.35. The van der Waals surface area contributed by atoms with E-state index >= 15 is 0 Å². The molecule has 0 radical (unpaired) electrons. The molecule has 0 saturated heterocycles. The van der Waals surface area contributed by atoms with Gasteiger partial charge < -0.3 is 5.32 Å². The summed E-state index contributed by atoms with van der Waals surface area (Å²) in [6, 6.07) is 0.948. The number of rotatable bonds is 1. The van der Waals surface area contributed by atoms with Crippen molar-refractivity contribution in [2.75, 3.05) is 12.4 Å². The lowest BCUT2D eigenvalue weighted by Gasteiger charge is -2.09. The highest BCUT2D eigenvalue weighted by Gasteiger charge is 2.33. The van der Waals surface area contributed by atoms with E-state index in [2.05, 4.69) is 26.2 Å². The van der Waals surface area contributed by atoms with Crippen LogP contribution in [-0.4, -0.2) is 12.0 Å². The topological polar surface area (TPSA) is 24.9 Å². The fraction of sp³-hybridized carbons (Fsp3) is 0.286. The van der Waals surface area contributed by atoms with Crippen LogP contribution in [0.4, 0.5) is 19.0 Å². The number of nitrogens with zero attached hydrogens (tertiary/aromatic N) is 1. The Labute approximate surface area is 81.3 Å². The fourth-order valence-corrected chi connectivity index (χ4v) is 1.23. The van der Waals surface area contributed by atoms with Crippen molar-refractivity contribution in [2.24, 2.45) is 0 Å². The maximum atomic E-state index is 12.3. The van der Waals surface area contributed by atoms with Gasteiger partial charge in [0.25, 0.3) is 0 Å². The van der Waals surface area contributed by atoms with E-state index < -0.39 is 11.7 Å². The molecular weight excluding hydrogens is 249 g/mol. The lowest BCUT2D eigenvalue weighted by molar-refractivity contribution is -0.138. The number of aromatic nitrogens is 1. The van der Waals surface area contributed by atoms with Crippen molar-refractivity contribution in [2.45, 2.75) is 6.18 Å². The quantitative estimate of drug-likeness (QED) is 0.834. The van der Waals surface area contributed by atoms with Crippen LogP contribution in [0, 0.1) is 0 Å². The molecule has 1 aromatic rings. The van der Waals surface area contributed by atoms with Crippen molar-refractivity contribution in [3.8, 4) is 0 Å². The van der Waals surface area contributed by atoms with Crippen molar-refractivity contribution in [3.63, 3.8) is 0 Å². The summed E-state index contributed by atoms with van der Waals surface area (Å²) >= 11 is 2.79. The number of alkyl halides is 3. The van der Waals surface area contributed by atoms with Crippen LogP contribution in [0.5, 0.6) is 0 Å².